The van der Waals surface area contributed by atoms with Gasteiger partial charge < -0.3 is 16.4 Å². The molecule has 0 radical (unpaired) electrons. The van der Waals surface area contributed by atoms with Crippen LogP contribution in [0.25, 0.3) is 6.08 Å². The molecule has 0 heterocycles. The highest BCUT2D eigenvalue weighted by molar-refractivity contribution is 5.95. The van der Waals surface area contributed by atoms with Gasteiger partial charge in [0.05, 0.1) is 0 Å². The number of nitrogens with one attached hydrogen (secondary N) is 2. The predicted octanol–water partition coefficient (Wildman–Crippen LogP) is 1.56. The lowest BCUT2D eigenvalue weighted by Gasteiger charge is -2.14. The fourth-order valence-electron chi connectivity index (χ4n) is 1.56. The molecule has 0 aliphatic rings. The van der Waals surface area contributed by atoms with Crippen LogP contribution in [0.4, 0.5) is 5.69 Å². The van der Waals surface area contributed by atoms with E-state index in [2.05, 4.69) is 10.6 Å². The van der Waals surface area contributed by atoms with Crippen LogP contribution in [0.15, 0.2) is 30.3 Å². The molecule has 5 nitrogen and oxygen atoms in total. The fraction of sp³-hybridized carbons (Fsp3) is 0.375. The van der Waals surface area contributed by atoms with E-state index in [9.17, 15) is 9.59 Å². The molecule has 0 bridgehead atoms. The zero-order valence-corrected chi connectivity index (χ0v) is 12.7. The SMILES string of the molecule is CC(C)CNC(=O)C(C)NC(=O)/C=C/c1ccc(N)cc1. The smallest absolute Gasteiger partial charge is 0.244 e. The average Bonchev–Trinajstić information content (AvgIpc) is 2.44. The number of nitrogens with two attached hydrogens (primary N) is 1. The van der Waals surface area contributed by atoms with E-state index in [1.165, 1.54) is 6.08 Å². The molecule has 0 aliphatic heterocycles. The third kappa shape index (κ3) is 6.61. The van der Waals surface area contributed by atoms with Crippen molar-refractivity contribution in [2.45, 2.75) is 26.8 Å². The molecule has 2 amide bonds. The van der Waals surface area contributed by atoms with E-state index in [0.717, 1.165) is 5.56 Å². The lowest BCUT2D eigenvalue weighted by molar-refractivity contribution is -0.126. The summed E-state index contributed by atoms with van der Waals surface area (Å²) in [5, 5.41) is 5.40. The van der Waals surface area contributed by atoms with Crippen LogP contribution in [0.2, 0.25) is 0 Å². The Kier molecular flexibility index (Phi) is 6.46. The first-order valence-electron chi connectivity index (χ1n) is 7.00. The summed E-state index contributed by atoms with van der Waals surface area (Å²) in [6, 6.07) is 6.60. The summed E-state index contributed by atoms with van der Waals surface area (Å²) in [7, 11) is 0. The highest BCUT2D eigenvalue weighted by Gasteiger charge is 2.13. The second-order valence-corrected chi connectivity index (χ2v) is 5.37. The van der Waals surface area contributed by atoms with Gasteiger partial charge in [-0.25, -0.2) is 0 Å². The van der Waals surface area contributed by atoms with Crippen molar-refractivity contribution in [3.05, 3.63) is 35.9 Å². The van der Waals surface area contributed by atoms with Crippen LogP contribution < -0.4 is 16.4 Å². The number of amides is 2. The third-order valence-electron chi connectivity index (χ3n) is 2.80. The third-order valence-corrected chi connectivity index (χ3v) is 2.80. The molecule has 4 N–H and O–H groups in total. The van der Waals surface area contributed by atoms with Crippen molar-refractivity contribution in [3.63, 3.8) is 0 Å². The minimum absolute atomic E-state index is 0.182. The summed E-state index contributed by atoms with van der Waals surface area (Å²) >= 11 is 0. The fourth-order valence-corrected chi connectivity index (χ4v) is 1.56. The number of benzene rings is 1. The molecule has 0 aromatic heterocycles. The summed E-state index contributed by atoms with van der Waals surface area (Å²) < 4.78 is 0. The van der Waals surface area contributed by atoms with Gasteiger partial charge in [-0.1, -0.05) is 26.0 Å². The first-order valence-corrected chi connectivity index (χ1v) is 7.00. The Hall–Kier alpha value is -2.30. The molecule has 0 saturated carbocycles. The van der Waals surface area contributed by atoms with E-state index in [1.54, 1.807) is 25.1 Å². The number of rotatable bonds is 6. The number of hydrogen-bond donors (Lipinski definition) is 3. The van der Waals surface area contributed by atoms with Crippen LogP contribution in [0.3, 0.4) is 0 Å². The molecule has 1 atom stereocenters. The Bertz CT molecular complexity index is 507. The molecule has 1 unspecified atom stereocenters. The Morgan fingerprint density at radius 2 is 1.81 bits per heavy atom. The van der Waals surface area contributed by atoms with Crippen LogP contribution in [0, 0.1) is 5.92 Å². The molecule has 0 saturated heterocycles. The summed E-state index contributed by atoms with van der Waals surface area (Å²) in [6.07, 6.45) is 3.07. The minimum atomic E-state index is -0.563. The number of carbonyl (C=O) groups is 2. The van der Waals surface area contributed by atoms with Gasteiger partial charge in [0, 0.05) is 18.3 Å². The van der Waals surface area contributed by atoms with E-state index >= 15 is 0 Å². The van der Waals surface area contributed by atoms with Gasteiger partial charge in [-0.3, -0.25) is 9.59 Å². The van der Waals surface area contributed by atoms with Crippen molar-refractivity contribution < 1.29 is 9.59 Å². The number of nitrogen functional groups attached to an aromatic ring is 1. The predicted molar refractivity (Wildman–Crippen MR) is 85.3 cm³/mol. The van der Waals surface area contributed by atoms with Crippen LogP contribution in [0.5, 0.6) is 0 Å². The van der Waals surface area contributed by atoms with Crippen molar-refractivity contribution in [2.24, 2.45) is 5.92 Å². The van der Waals surface area contributed by atoms with Crippen LogP contribution in [0.1, 0.15) is 26.3 Å². The second kappa shape index (κ2) is 8.09. The summed E-state index contributed by atoms with van der Waals surface area (Å²) in [6.45, 7) is 6.28. The Labute approximate surface area is 125 Å². The average molecular weight is 289 g/mol. The maximum atomic E-state index is 11.7. The van der Waals surface area contributed by atoms with Crippen molar-refractivity contribution >= 4 is 23.6 Å². The molecule has 5 heteroatoms. The minimum Gasteiger partial charge on any atom is -0.399 e. The largest absolute Gasteiger partial charge is 0.399 e. The van der Waals surface area contributed by atoms with Gasteiger partial charge in [0.2, 0.25) is 11.8 Å². The molecular weight excluding hydrogens is 266 g/mol. The zero-order chi connectivity index (χ0) is 15.8. The molecule has 1 aromatic rings. The monoisotopic (exact) mass is 289 g/mol. The van der Waals surface area contributed by atoms with Crippen LogP contribution in [-0.2, 0) is 9.59 Å². The van der Waals surface area contributed by atoms with Gasteiger partial charge >= 0.3 is 0 Å². The normalized spacial score (nSPS) is 12.4. The van der Waals surface area contributed by atoms with Gasteiger partial charge in [-0.05, 0) is 36.6 Å². The lowest BCUT2D eigenvalue weighted by atomic mass is 10.2. The first-order chi connectivity index (χ1) is 9.88. The zero-order valence-electron chi connectivity index (χ0n) is 12.7. The van der Waals surface area contributed by atoms with Crippen molar-refractivity contribution in [1.82, 2.24) is 10.6 Å². The van der Waals surface area contributed by atoms with Crippen LogP contribution in [-0.4, -0.2) is 24.4 Å². The first kappa shape index (κ1) is 16.8. The van der Waals surface area contributed by atoms with Gasteiger partial charge in [-0.15, -0.1) is 0 Å². The Morgan fingerprint density at radius 1 is 1.19 bits per heavy atom. The summed E-state index contributed by atoms with van der Waals surface area (Å²) in [5.41, 5.74) is 7.13. The van der Waals surface area contributed by atoms with Crippen molar-refractivity contribution in [3.8, 4) is 0 Å². The Morgan fingerprint density at radius 3 is 2.38 bits per heavy atom. The van der Waals surface area contributed by atoms with Gasteiger partial charge in [0.15, 0.2) is 0 Å². The lowest BCUT2D eigenvalue weighted by Crippen LogP contribution is -2.45. The summed E-state index contributed by atoms with van der Waals surface area (Å²) in [4.78, 5) is 23.5. The molecule has 21 heavy (non-hydrogen) atoms. The summed E-state index contributed by atoms with van der Waals surface area (Å²) in [5.74, 6) is -0.112. The molecule has 1 aromatic carbocycles. The molecule has 1 rings (SSSR count). The van der Waals surface area contributed by atoms with E-state index in [0.29, 0.717) is 18.2 Å². The Balaban J connectivity index is 2.45. The van der Waals surface area contributed by atoms with Crippen LogP contribution >= 0.6 is 0 Å². The number of hydrogen-bond acceptors (Lipinski definition) is 3. The molecule has 0 aliphatic carbocycles. The van der Waals surface area contributed by atoms with E-state index in [4.69, 9.17) is 5.73 Å². The molecule has 0 fully saturated rings. The number of carbonyl (C=O) groups excluding carboxylic acids is 2. The molecular formula is C16H23N3O2. The van der Waals surface area contributed by atoms with Gasteiger partial charge in [-0.2, -0.15) is 0 Å². The van der Waals surface area contributed by atoms with E-state index < -0.39 is 6.04 Å². The molecule has 0 spiro atoms. The number of anilines is 1. The van der Waals surface area contributed by atoms with Crippen molar-refractivity contribution in [1.29, 1.82) is 0 Å². The van der Waals surface area contributed by atoms with Crippen molar-refractivity contribution in [2.75, 3.05) is 12.3 Å². The van der Waals surface area contributed by atoms with Gasteiger partial charge in [0.25, 0.3) is 0 Å². The molecule has 114 valence electrons. The highest BCUT2D eigenvalue weighted by Crippen LogP contribution is 2.06. The maximum absolute atomic E-state index is 11.7. The maximum Gasteiger partial charge on any atom is 0.244 e. The topological polar surface area (TPSA) is 84.2 Å². The van der Waals surface area contributed by atoms with E-state index in [-0.39, 0.29) is 11.8 Å². The quantitative estimate of drug-likeness (QED) is 0.549. The second-order valence-electron chi connectivity index (χ2n) is 5.37. The highest BCUT2D eigenvalue weighted by atomic mass is 16.2. The standard InChI is InChI=1S/C16H23N3O2/c1-11(2)10-18-16(21)12(3)19-15(20)9-6-13-4-7-14(17)8-5-13/h4-9,11-12H,10,17H2,1-3H3,(H,18,21)(H,19,20)/b9-6+. The van der Waals surface area contributed by atoms with Gasteiger partial charge in [0.1, 0.15) is 6.04 Å². The van der Waals surface area contributed by atoms with E-state index in [1.807, 2.05) is 26.0 Å².